The lowest BCUT2D eigenvalue weighted by Crippen LogP contribution is -2.46. The molecule has 1 N–H and O–H groups in total. The van der Waals surface area contributed by atoms with Crippen LogP contribution in [0.15, 0.2) is 0 Å². The van der Waals surface area contributed by atoms with Crippen LogP contribution in [-0.4, -0.2) is 36.6 Å². The number of nitrogens with zero attached hydrogens (tertiary/aromatic N) is 1. The van der Waals surface area contributed by atoms with Crippen LogP contribution in [0.4, 0.5) is 0 Å². The van der Waals surface area contributed by atoms with Crippen molar-refractivity contribution in [1.29, 1.82) is 0 Å². The lowest BCUT2D eigenvalue weighted by molar-refractivity contribution is 0.157. The Kier molecular flexibility index (Phi) is 3.12. The molecule has 2 aliphatic heterocycles. The molecule has 4 aliphatic rings. The highest BCUT2D eigenvalue weighted by molar-refractivity contribution is 4.96. The maximum Gasteiger partial charge on any atom is 0.0249 e. The largest absolute Gasteiger partial charge is 0.312 e. The average molecular weight is 248 g/mol. The molecular weight excluding hydrogens is 220 g/mol. The number of nitrogens with one attached hydrogen (secondary N) is 1. The molecule has 0 aromatic rings. The first-order valence-corrected chi connectivity index (χ1v) is 8.37. The Morgan fingerprint density at radius 3 is 2.72 bits per heavy atom. The van der Waals surface area contributed by atoms with E-state index in [9.17, 15) is 0 Å². The summed E-state index contributed by atoms with van der Waals surface area (Å²) in [5.41, 5.74) is 0. The Bertz CT molecular complexity index is 297. The average Bonchev–Trinajstić information content (AvgIpc) is 3.14. The van der Waals surface area contributed by atoms with E-state index in [1.807, 2.05) is 0 Å². The van der Waals surface area contributed by atoms with E-state index >= 15 is 0 Å². The fraction of sp³-hybridized carbons (Fsp3) is 1.00. The van der Waals surface area contributed by atoms with Gasteiger partial charge in [-0.1, -0.05) is 6.42 Å². The summed E-state index contributed by atoms with van der Waals surface area (Å²) in [6.45, 7) is 4.09. The van der Waals surface area contributed by atoms with Gasteiger partial charge in [0.05, 0.1) is 0 Å². The van der Waals surface area contributed by atoms with Gasteiger partial charge in [-0.2, -0.15) is 0 Å². The lowest BCUT2D eigenvalue weighted by atomic mass is 9.88. The molecule has 0 aromatic carbocycles. The summed E-state index contributed by atoms with van der Waals surface area (Å²) in [4.78, 5) is 2.87. The molecule has 0 aromatic heterocycles. The maximum absolute atomic E-state index is 3.75. The van der Waals surface area contributed by atoms with Crippen LogP contribution in [0.25, 0.3) is 0 Å². The Labute approximate surface area is 111 Å². The molecule has 2 nitrogen and oxygen atoms in total. The number of fused-ring (bicyclic) bond motifs is 2. The van der Waals surface area contributed by atoms with Crippen molar-refractivity contribution in [1.82, 2.24) is 10.2 Å². The van der Waals surface area contributed by atoms with Gasteiger partial charge in [-0.25, -0.2) is 0 Å². The smallest absolute Gasteiger partial charge is 0.0249 e. The van der Waals surface area contributed by atoms with Crippen LogP contribution in [0.1, 0.15) is 51.4 Å². The second-order valence-electron chi connectivity index (χ2n) is 7.34. The third kappa shape index (κ3) is 2.02. The van der Waals surface area contributed by atoms with Crippen molar-refractivity contribution in [3.05, 3.63) is 0 Å². The van der Waals surface area contributed by atoms with Crippen molar-refractivity contribution in [3.63, 3.8) is 0 Å². The minimum absolute atomic E-state index is 0.825. The monoisotopic (exact) mass is 248 g/mol. The van der Waals surface area contributed by atoms with Gasteiger partial charge in [-0.3, -0.25) is 4.90 Å². The number of likely N-dealkylation sites (tertiary alicyclic amines) is 1. The van der Waals surface area contributed by atoms with Crippen LogP contribution in [0, 0.1) is 17.8 Å². The van der Waals surface area contributed by atoms with Crippen molar-refractivity contribution in [3.8, 4) is 0 Å². The van der Waals surface area contributed by atoms with Gasteiger partial charge in [0.1, 0.15) is 0 Å². The topological polar surface area (TPSA) is 15.3 Å². The van der Waals surface area contributed by atoms with Crippen LogP contribution >= 0.6 is 0 Å². The molecule has 5 atom stereocenters. The molecule has 102 valence electrons. The Morgan fingerprint density at radius 2 is 2.00 bits per heavy atom. The summed E-state index contributed by atoms with van der Waals surface area (Å²) in [5, 5.41) is 3.75. The molecular formula is C16H28N2. The summed E-state index contributed by atoms with van der Waals surface area (Å²) in [7, 11) is 0. The van der Waals surface area contributed by atoms with Crippen LogP contribution < -0.4 is 5.32 Å². The van der Waals surface area contributed by atoms with Gasteiger partial charge >= 0.3 is 0 Å². The summed E-state index contributed by atoms with van der Waals surface area (Å²) in [6.07, 6.45) is 12.0. The molecule has 4 fully saturated rings. The summed E-state index contributed by atoms with van der Waals surface area (Å²) in [5.74, 6) is 3.28. The number of hydrogen-bond acceptors (Lipinski definition) is 2. The molecule has 2 aliphatic carbocycles. The van der Waals surface area contributed by atoms with Crippen LogP contribution in [0.5, 0.6) is 0 Å². The maximum atomic E-state index is 3.75. The van der Waals surface area contributed by atoms with Crippen molar-refractivity contribution in [2.24, 2.45) is 17.8 Å². The molecule has 2 heteroatoms. The van der Waals surface area contributed by atoms with Crippen molar-refractivity contribution in [2.45, 2.75) is 63.5 Å². The highest BCUT2D eigenvalue weighted by atomic mass is 15.2. The van der Waals surface area contributed by atoms with Gasteiger partial charge in [-0.15, -0.1) is 0 Å². The lowest BCUT2D eigenvalue weighted by Gasteiger charge is -2.34. The van der Waals surface area contributed by atoms with E-state index in [-0.39, 0.29) is 0 Å². The predicted molar refractivity (Wildman–Crippen MR) is 74.6 cm³/mol. The highest BCUT2D eigenvalue weighted by Gasteiger charge is 2.42. The molecule has 0 spiro atoms. The van der Waals surface area contributed by atoms with Gasteiger partial charge in [-0.05, 0) is 75.8 Å². The molecule has 2 heterocycles. The normalized spacial score (nSPS) is 48.3. The van der Waals surface area contributed by atoms with Crippen molar-refractivity contribution < 1.29 is 0 Å². The van der Waals surface area contributed by atoms with Gasteiger partial charge in [0.2, 0.25) is 0 Å². The molecule has 2 bridgehead atoms. The number of rotatable bonds is 3. The fourth-order valence-electron chi connectivity index (χ4n) is 5.48. The summed E-state index contributed by atoms with van der Waals surface area (Å²) in [6, 6.07) is 1.71. The van der Waals surface area contributed by atoms with E-state index in [2.05, 4.69) is 10.2 Å². The van der Waals surface area contributed by atoms with Gasteiger partial charge in [0.25, 0.3) is 0 Å². The van der Waals surface area contributed by atoms with Crippen LogP contribution in [0.3, 0.4) is 0 Å². The standard InChI is InChI=1S/C16H28N2/c1-3-15(17-7-1)16-4-2-8-18(16)11-14-10-12-5-6-13(14)9-12/h12-17H,1-11H2. The van der Waals surface area contributed by atoms with Crippen molar-refractivity contribution >= 4 is 0 Å². The van der Waals surface area contributed by atoms with Crippen molar-refractivity contribution in [2.75, 3.05) is 19.6 Å². The minimum atomic E-state index is 0.825. The molecule has 2 saturated heterocycles. The summed E-state index contributed by atoms with van der Waals surface area (Å²) >= 11 is 0. The minimum Gasteiger partial charge on any atom is -0.312 e. The highest BCUT2D eigenvalue weighted by Crippen LogP contribution is 2.49. The molecule has 0 radical (unpaired) electrons. The first-order valence-electron chi connectivity index (χ1n) is 8.37. The SMILES string of the molecule is C1CNC(C2CCCN2CC2CC3CCC2C3)C1. The molecule has 4 rings (SSSR count). The fourth-order valence-corrected chi connectivity index (χ4v) is 5.48. The van der Waals surface area contributed by atoms with E-state index in [0.717, 1.165) is 29.8 Å². The molecule has 0 amide bonds. The first-order chi connectivity index (χ1) is 8.90. The third-order valence-corrected chi connectivity index (χ3v) is 6.33. The van der Waals surface area contributed by atoms with E-state index in [0.29, 0.717) is 0 Å². The van der Waals surface area contributed by atoms with Gasteiger partial charge < -0.3 is 5.32 Å². The quantitative estimate of drug-likeness (QED) is 0.826. The second kappa shape index (κ2) is 4.79. The zero-order chi connectivity index (χ0) is 11.9. The number of hydrogen-bond donors (Lipinski definition) is 1. The van der Waals surface area contributed by atoms with Crippen LogP contribution in [-0.2, 0) is 0 Å². The molecule has 18 heavy (non-hydrogen) atoms. The summed E-state index contributed by atoms with van der Waals surface area (Å²) < 4.78 is 0. The van der Waals surface area contributed by atoms with E-state index in [1.54, 1.807) is 25.7 Å². The Balaban J connectivity index is 1.38. The first kappa shape index (κ1) is 11.7. The Hall–Kier alpha value is -0.0800. The zero-order valence-electron chi connectivity index (χ0n) is 11.6. The molecule has 5 unspecified atom stereocenters. The molecule has 2 saturated carbocycles. The third-order valence-electron chi connectivity index (χ3n) is 6.33. The second-order valence-corrected chi connectivity index (χ2v) is 7.34. The predicted octanol–water partition coefficient (Wildman–Crippen LogP) is 2.64. The van der Waals surface area contributed by atoms with Crippen LogP contribution in [0.2, 0.25) is 0 Å². The van der Waals surface area contributed by atoms with Gasteiger partial charge in [0.15, 0.2) is 0 Å². The van der Waals surface area contributed by atoms with E-state index < -0.39 is 0 Å². The van der Waals surface area contributed by atoms with E-state index in [1.165, 1.54) is 45.3 Å². The Morgan fingerprint density at radius 1 is 1.00 bits per heavy atom. The van der Waals surface area contributed by atoms with Gasteiger partial charge in [0, 0.05) is 18.6 Å². The van der Waals surface area contributed by atoms with E-state index in [4.69, 9.17) is 0 Å². The zero-order valence-corrected chi connectivity index (χ0v) is 11.6.